The van der Waals surface area contributed by atoms with Crippen LogP contribution in [0.2, 0.25) is 0 Å². The number of alkyl halides is 3. The maximum atomic E-state index is 12.6. The van der Waals surface area contributed by atoms with Gasteiger partial charge in [0.1, 0.15) is 0 Å². The summed E-state index contributed by atoms with van der Waals surface area (Å²) in [6, 6.07) is 7.41. The minimum absolute atomic E-state index is 0.158. The zero-order chi connectivity index (χ0) is 17.9. The molecule has 0 aliphatic rings. The molecule has 124 valence electrons. The predicted molar refractivity (Wildman–Crippen MR) is 79.6 cm³/mol. The Morgan fingerprint density at radius 3 is 2.50 bits per heavy atom. The van der Waals surface area contributed by atoms with Crippen molar-refractivity contribution in [2.45, 2.75) is 6.18 Å². The number of carbonyl (C=O) groups excluding carboxylic acids is 1. The summed E-state index contributed by atoms with van der Waals surface area (Å²) < 4.78 is 37.9. The van der Waals surface area contributed by atoms with Crippen molar-refractivity contribution in [3.63, 3.8) is 0 Å². The van der Waals surface area contributed by atoms with E-state index in [1.807, 2.05) is 0 Å². The molecule has 1 N–H and O–H groups in total. The minimum Gasteiger partial charge on any atom is -0.502 e. The largest absolute Gasteiger partial charge is 0.502 e. The van der Waals surface area contributed by atoms with Crippen LogP contribution >= 0.6 is 0 Å². The second kappa shape index (κ2) is 6.53. The molecule has 0 bridgehead atoms. The topological polar surface area (TPSA) is 80.4 Å². The molecular formula is C16H10F3NO4. The number of nitro groups is 1. The fourth-order valence-corrected chi connectivity index (χ4v) is 1.91. The molecule has 5 nitrogen and oxygen atoms in total. The molecule has 0 aromatic heterocycles. The van der Waals surface area contributed by atoms with Crippen LogP contribution in [0.4, 0.5) is 18.9 Å². The van der Waals surface area contributed by atoms with Gasteiger partial charge in [-0.3, -0.25) is 14.9 Å². The Bertz CT molecular complexity index is 828. The van der Waals surface area contributed by atoms with E-state index < -0.39 is 33.9 Å². The third-order valence-corrected chi connectivity index (χ3v) is 3.10. The molecule has 24 heavy (non-hydrogen) atoms. The molecule has 2 rings (SSSR count). The molecule has 0 fully saturated rings. The normalized spacial score (nSPS) is 11.6. The number of phenols is 1. The first kappa shape index (κ1) is 17.2. The van der Waals surface area contributed by atoms with Crippen LogP contribution in [0, 0.1) is 10.1 Å². The van der Waals surface area contributed by atoms with E-state index in [0.717, 1.165) is 36.4 Å². The van der Waals surface area contributed by atoms with Crippen LogP contribution in [-0.2, 0) is 6.18 Å². The average Bonchev–Trinajstić information content (AvgIpc) is 2.52. The lowest BCUT2D eigenvalue weighted by Gasteiger charge is -2.07. The lowest BCUT2D eigenvalue weighted by molar-refractivity contribution is -0.385. The van der Waals surface area contributed by atoms with E-state index in [2.05, 4.69) is 0 Å². The Kier molecular flexibility index (Phi) is 4.68. The number of hydrogen-bond acceptors (Lipinski definition) is 4. The predicted octanol–water partition coefficient (Wildman–Crippen LogP) is 4.22. The SMILES string of the molecule is O=C(/C=C/c1ccc(O)c([N+](=O)[O-])c1)c1cccc(C(F)(F)F)c1. The molecule has 0 aliphatic heterocycles. The van der Waals surface area contributed by atoms with Crippen molar-refractivity contribution in [2.24, 2.45) is 0 Å². The Balaban J connectivity index is 2.25. The van der Waals surface area contributed by atoms with Crippen LogP contribution in [0.3, 0.4) is 0 Å². The summed E-state index contributed by atoms with van der Waals surface area (Å²) in [4.78, 5) is 21.9. The number of rotatable bonds is 4. The fraction of sp³-hybridized carbons (Fsp3) is 0.0625. The van der Waals surface area contributed by atoms with Gasteiger partial charge in [-0.25, -0.2) is 0 Å². The van der Waals surface area contributed by atoms with Crippen molar-refractivity contribution >= 4 is 17.5 Å². The lowest BCUT2D eigenvalue weighted by Crippen LogP contribution is -2.06. The highest BCUT2D eigenvalue weighted by Crippen LogP contribution is 2.30. The summed E-state index contributed by atoms with van der Waals surface area (Å²) in [5.41, 5.74) is -1.39. The molecule has 0 saturated heterocycles. The Morgan fingerprint density at radius 1 is 1.17 bits per heavy atom. The zero-order valence-electron chi connectivity index (χ0n) is 11.9. The van der Waals surface area contributed by atoms with E-state index in [4.69, 9.17) is 0 Å². The van der Waals surface area contributed by atoms with Crippen LogP contribution in [0.25, 0.3) is 6.08 Å². The smallest absolute Gasteiger partial charge is 0.416 e. The first-order valence-corrected chi connectivity index (χ1v) is 6.55. The molecule has 0 atom stereocenters. The molecule has 0 amide bonds. The van der Waals surface area contributed by atoms with Gasteiger partial charge in [0.15, 0.2) is 11.5 Å². The summed E-state index contributed by atoms with van der Waals surface area (Å²) in [6.07, 6.45) is -2.34. The first-order chi connectivity index (χ1) is 11.2. The number of aromatic hydroxyl groups is 1. The number of ketones is 1. The molecule has 0 aliphatic carbocycles. The number of halogens is 3. The van der Waals surface area contributed by atoms with E-state index in [1.165, 1.54) is 18.2 Å². The standard InChI is InChI=1S/C16H10F3NO4/c17-16(18,19)12-3-1-2-11(9-12)14(21)6-4-10-5-7-15(22)13(8-10)20(23)24/h1-9,22H/b6-4+. The first-order valence-electron chi connectivity index (χ1n) is 6.55. The van der Waals surface area contributed by atoms with Gasteiger partial charge < -0.3 is 5.11 Å². The van der Waals surface area contributed by atoms with E-state index >= 15 is 0 Å². The van der Waals surface area contributed by atoms with Crippen molar-refractivity contribution in [3.8, 4) is 5.75 Å². The number of phenolic OH excluding ortho intramolecular Hbond substituents is 1. The van der Waals surface area contributed by atoms with Gasteiger partial charge in [0.25, 0.3) is 0 Å². The minimum atomic E-state index is -4.56. The average molecular weight is 337 g/mol. The molecule has 0 heterocycles. The molecule has 0 radical (unpaired) electrons. The third-order valence-electron chi connectivity index (χ3n) is 3.10. The summed E-state index contributed by atoms with van der Waals surface area (Å²) in [5, 5.41) is 20.0. The van der Waals surface area contributed by atoms with Crippen LogP contribution < -0.4 is 0 Å². The van der Waals surface area contributed by atoms with Crippen LogP contribution in [0.5, 0.6) is 5.75 Å². The summed E-state index contributed by atoms with van der Waals surface area (Å²) in [7, 11) is 0. The van der Waals surface area contributed by atoms with Crippen LogP contribution in [-0.4, -0.2) is 15.8 Å². The molecule has 2 aromatic carbocycles. The lowest BCUT2D eigenvalue weighted by atomic mass is 10.1. The van der Waals surface area contributed by atoms with Gasteiger partial charge in [0, 0.05) is 11.6 Å². The monoisotopic (exact) mass is 337 g/mol. The maximum Gasteiger partial charge on any atom is 0.416 e. The Morgan fingerprint density at radius 2 is 1.88 bits per heavy atom. The number of allylic oxidation sites excluding steroid dienone is 1. The molecule has 0 spiro atoms. The maximum absolute atomic E-state index is 12.6. The van der Waals surface area contributed by atoms with E-state index in [0.29, 0.717) is 0 Å². The van der Waals surface area contributed by atoms with Crippen molar-refractivity contribution in [1.29, 1.82) is 0 Å². The number of carbonyl (C=O) groups is 1. The molecular weight excluding hydrogens is 327 g/mol. The van der Waals surface area contributed by atoms with Crippen molar-refractivity contribution < 1.29 is 28.0 Å². The van der Waals surface area contributed by atoms with Gasteiger partial charge >= 0.3 is 11.9 Å². The van der Waals surface area contributed by atoms with Crippen LogP contribution in [0.15, 0.2) is 48.5 Å². The number of benzene rings is 2. The quantitative estimate of drug-likeness (QED) is 0.392. The van der Waals surface area contributed by atoms with Crippen molar-refractivity contribution in [3.05, 3.63) is 75.3 Å². The molecule has 8 heteroatoms. The number of nitro benzene ring substituents is 1. The van der Waals surface area contributed by atoms with Crippen molar-refractivity contribution in [2.75, 3.05) is 0 Å². The molecule has 0 saturated carbocycles. The Labute approximate surface area is 133 Å². The van der Waals surface area contributed by atoms with Gasteiger partial charge in [-0.2, -0.15) is 13.2 Å². The summed E-state index contributed by atoms with van der Waals surface area (Å²) >= 11 is 0. The van der Waals surface area contributed by atoms with E-state index in [9.17, 15) is 33.2 Å². The number of hydrogen-bond donors (Lipinski definition) is 1. The molecule has 2 aromatic rings. The highest BCUT2D eigenvalue weighted by Gasteiger charge is 2.30. The van der Waals surface area contributed by atoms with Gasteiger partial charge in [0.2, 0.25) is 0 Å². The van der Waals surface area contributed by atoms with Gasteiger partial charge in [0.05, 0.1) is 10.5 Å². The van der Waals surface area contributed by atoms with Gasteiger partial charge in [-0.15, -0.1) is 0 Å². The van der Waals surface area contributed by atoms with Gasteiger partial charge in [-0.1, -0.05) is 24.3 Å². The highest BCUT2D eigenvalue weighted by atomic mass is 19.4. The number of nitrogens with zero attached hydrogens (tertiary/aromatic N) is 1. The highest BCUT2D eigenvalue weighted by molar-refractivity contribution is 6.06. The van der Waals surface area contributed by atoms with E-state index in [1.54, 1.807) is 0 Å². The second-order valence-corrected chi connectivity index (χ2v) is 4.78. The second-order valence-electron chi connectivity index (χ2n) is 4.78. The molecule has 0 unspecified atom stereocenters. The summed E-state index contributed by atoms with van der Waals surface area (Å²) in [6.45, 7) is 0. The fourth-order valence-electron chi connectivity index (χ4n) is 1.91. The van der Waals surface area contributed by atoms with E-state index in [-0.39, 0.29) is 11.1 Å². The van der Waals surface area contributed by atoms with Gasteiger partial charge in [-0.05, 0) is 29.8 Å². The zero-order valence-corrected chi connectivity index (χ0v) is 11.9. The summed E-state index contributed by atoms with van der Waals surface area (Å²) in [5.74, 6) is -1.21. The third kappa shape index (κ3) is 3.97. The van der Waals surface area contributed by atoms with Crippen molar-refractivity contribution in [1.82, 2.24) is 0 Å². The Hall–Kier alpha value is -3.16. The van der Waals surface area contributed by atoms with Crippen LogP contribution in [0.1, 0.15) is 21.5 Å².